The van der Waals surface area contributed by atoms with Gasteiger partial charge in [-0.25, -0.2) is 9.59 Å². The van der Waals surface area contributed by atoms with E-state index in [1.54, 1.807) is 17.0 Å². The number of hydrogen-bond acceptors (Lipinski definition) is 6. The molecule has 0 aliphatic carbocycles. The summed E-state index contributed by atoms with van der Waals surface area (Å²) in [5.41, 5.74) is 1.05. The SMILES string of the molecule is CC(C)(C)OC(=O)N1CCC(OC(=O)Nc2ccc3c(c2Cl)B(O)OC3)CC1. The lowest BCUT2D eigenvalue weighted by molar-refractivity contribution is 0.00794. The molecule has 10 heteroatoms. The molecule has 1 aromatic carbocycles. The standard InChI is InChI=1S/C18H24BClN2O6/c1-18(2,3)28-17(24)22-8-6-12(7-9-22)27-16(23)21-13-5-4-11-10-26-19(25)14(11)15(13)20/h4-5,12,25H,6-10H2,1-3H3,(H,21,23). The lowest BCUT2D eigenvalue weighted by Gasteiger charge is -2.33. The molecule has 1 aromatic rings. The van der Waals surface area contributed by atoms with E-state index in [1.165, 1.54) is 0 Å². The van der Waals surface area contributed by atoms with Crippen LogP contribution in [0.2, 0.25) is 5.02 Å². The Morgan fingerprint density at radius 2 is 2.00 bits per heavy atom. The third-order valence-corrected chi connectivity index (χ3v) is 4.93. The number of fused-ring (bicyclic) bond motifs is 1. The van der Waals surface area contributed by atoms with Crippen LogP contribution in [0.15, 0.2) is 12.1 Å². The van der Waals surface area contributed by atoms with Crippen LogP contribution in [0.25, 0.3) is 0 Å². The zero-order valence-corrected chi connectivity index (χ0v) is 16.9. The maximum atomic E-state index is 12.2. The molecule has 2 N–H and O–H groups in total. The van der Waals surface area contributed by atoms with Crippen LogP contribution in [0, 0.1) is 0 Å². The third kappa shape index (κ3) is 4.90. The number of likely N-dealkylation sites (tertiary alicyclic amines) is 1. The van der Waals surface area contributed by atoms with Crippen molar-refractivity contribution in [1.82, 2.24) is 4.90 Å². The summed E-state index contributed by atoms with van der Waals surface area (Å²) in [5, 5.41) is 12.7. The quantitative estimate of drug-likeness (QED) is 0.727. The number of halogens is 1. The van der Waals surface area contributed by atoms with Gasteiger partial charge in [-0.2, -0.15) is 0 Å². The fourth-order valence-corrected chi connectivity index (χ4v) is 3.47. The number of carbonyl (C=O) groups excluding carboxylic acids is 2. The molecule has 0 spiro atoms. The van der Waals surface area contributed by atoms with Crippen LogP contribution in [0.3, 0.4) is 0 Å². The highest BCUT2D eigenvalue weighted by molar-refractivity contribution is 6.66. The second kappa shape index (κ2) is 8.18. The van der Waals surface area contributed by atoms with Gasteiger partial charge >= 0.3 is 19.3 Å². The highest BCUT2D eigenvalue weighted by atomic mass is 35.5. The largest absolute Gasteiger partial charge is 0.493 e. The van der Waals surface area contributed by atoms with E-state index in [2.05, 4.69) is 5.32 Å². The highest BCUT2D eigenvalue weighted by Gasteiger charge is 2.32. The van der Waals surface area contributed by atoms with E-state index >= 15 is 0 Å². The van der Waals surface area contributed by atoms with Crippen molar-refractivity contribution in [3.63, 3.8) is 0 Å². The topological polar surface area (TPSA) is 97.3 Å². The summed E-state index contributed by atoms with van der Waals surface area (Å²) in [6.07, 6.45) is -0.248. The first-order valence-electron chi connectivity index (χ1n) is 9.20. The number of nitrogens with one attached hydrogen (secondary N) is 1. The molecule has 1 saturated heterocycles. The van der Waals surface area contributed by atoms with Crippen LogP contribution >= 0.6 is 11.6 Å². The normalized spacial score (nSPS) is 17.3. The number of ether oxygens (including phenoxy) is 2. The molecule has 0 unspecified atom stereocenters. The minimum absolute atomic E-state index is 0.235. The van der Waals surface area contributed by atoms with Crippen LogP contribution in [-0.4, -0.2) is 54.0 Å². The van der Waals surface area contributed by atoms with Crippen molar-refractivity contribution in [2.24, 2.45) is 0 Å². The summed E-state index contributed by atoms with van der Waals surface area (Å²) in [7, 11) is -1.10. The van der Waals surface area contributed by atoms with Crippen molar-refractivity contribution in [1.29, 1.82) is 0 Å². The Labute approximate surface area is 169 Å². The average Bonchev–Trinajstić information content (AvgIpc) is 2.98. The van der Waals surface area contributed by atoms with Gasteiger partial charge in [-0.1, -0.05) is 17.7 Å². The Bertz CT molecular complexity index is 761. The number of carbonyl (C=O) groups is 2. The molecule has 152 valence electrons. The van der Waals surface area contributed by atoms with Gasteiger partial charge in [0.2, 0.25) is 0 Å². The third-order valence-electron chi connectivity index (χ3n) is 4.52. The Morgan fingerprint density at radius 1 is 1.32 bits per heavy atom. The summed E-state index contributed by atoms with van der Waals surface area (Å²) >= 11 is 6.27. The van der Waals surface area contributed by atoms with Gasteiger partial charge in [0, 0.05) is 31.4 Å². The number of anilines is 1. The van der Waals surface area contributed by atoms with Gasteiger partial charge in [0.1, 0.15) is 11.7 Å². The smallest absolute Gasteiger partial charge is 0.446 e. The van der Waals surface area contributed by atoms with Gasteiger partial charge in [0.15, 0.2) is 0 Å². The lowest BCUT2D eigenvalue weighted by Crippen LogP contribution is -2.44. The minimum atomic E-state index is -1.10. The van der Waals surface area contributed by atoms with Gasteiger partial charge in [-0.3, -0.25) is 5.32 Å². The second-order valence-electron chi connectivity index (χ2n) is 7.86. The molecule has 0 atom stereocenters. The zero-order chi connectivity index (χ0) is 20.5. The maximum absolute atomic E-state index is 12.2. The summed E-state index contributed by atoms with van der Waals surface area (Å²) in [6, 6.07) is 3.39. The first-order chi connectivity index (χ1) is 13.1. The summed E-state index contributed by atoms with van der Waals surface area (Å²) in [6.45, 7) is 6.64. The summed E-state index contributed by atoms with van der Waals surface area (Å²) in [5.74, 6) is 0. The molecule has 0 radical (unpaired) electrons. The lowest BCUT2D eigenvalue weighted by atomic mass is 9.79. The number of hydrogen-bond donors (Lipinski definition) is 2. The number of amides is 2. The Morgan fingerprint density at radius 3 is 2.64 bits per heavy atom. The molecule has 0 bridgehead atoms. The molecular weight excluding hydrogens is 386 g/mol. The van der Waals surface area contributed by atoms with Crippen molar-refractivity contribution >= 4 is 42.1 Å². The first kappa shape index (κ1) is 20.8. The highest BCUT2D eigenvalue weighted by Crippen LogP contribution is 2.26. The number of benzene rings is 1. The number of piperidine rings is 1. The summed E-state index contributed by atoms with van der Waals surface area (Å²) < 4.78 is 15.9. The predicted octanol–water partition coefficient (Wildman–Crippen LogP) is 2.51. The monoisotopic (exact) mass is 410 g/mol. The molecule has 1 fully saturated rings. The van der Waals surface area contributed by atoms with Crippen LogP contribution in [0.5, 0.6) is 0 Å². The van der Waals surface area contributed by atoms with E-state index in [9.17, 15) is 14.6 Å². The van der Waals surface area contributed by atoms with Gasteiger partial charge in [0.05, 0.1) is 17.3 Å². The van der Waals surface area contributed by atoms with Crippen LogP contribution < -0.4 is 10.8 Å². The molecule has 3 rings (SSSR count). The molecule has 0 saturated carbocycles. The number of nitrogens with zero attached hydrogens (tertiary/aromatic N) is 1. The van der Waals surface area contributed by atoms with E-state index in [4.69, 9.17) is 25.7 Å². The molecule has 2 amide bonds. The Kier molecular flexibility index (Phi) is 6.07. The van der Waals surface area contributed by atoms with Crippen molar-refractivity contribution in [3.05, 3.63) is 22.7 Å². The Balaban J connectivity index is 1.51. The van der Waals surface area contributed by atoms with E-state index in [1.807, 2.05) is 20.8 Å². The van der Waals surface area contributed by atoms with Gasteiger partial charge in [0.25, 0.3) is 0 Å². The van der Waals surface area contributed by atoms with Crippen LogP contribution in [0.4, 0.5) is 15.3 Å². The van der Waals surface area contributed by atoms with Crippen LogP contribution in [-0.2, 0) is 20.7 Å². The van der Waals surface area contributed by atoms with Gasteiger partial charge in [-0.15, -0.1) is 0 Å². The fourth-order valence-electron chi connectivity index (χ4n) is 3.15. The molecule has 2 heterocycles. The van der Waals surface area contributed by atoms with Crippen molar-refractivity contribution in [2.75, 3.05) is 18.4 Å². The average molecular weight is 411 g/mol. The minimum Gasteiger partial charge on any atom is -0.446 e. The molecular formula is C18H24BClN2O6. The molecule has 28 heavy (non-hydrogen) atoms. The van der Waals surface area contributed by atoms with E-state index < -0.39 is 18.8 Å². The van der Waals surface area contributed by atoms with Gasteiger partial charge < -0.3 is 24.1 Å². The van der Waals surface area contributed by atoms with Crippen molar-refractivity contribution in [2.45, 2.75) is 51.9 Å². The predicted molar refractivity (Wildman–Crippen MR) is 105 cm³/mol. The van der Waals surface area contributed by atoms with Crippen LogP contribution in [0.1, 0.15) is 39.2 Å². The first-order valence-corrected chi connectivity index (χ1v) is 9.58. The summed E-state index contributed by atoms with van der Waals surface area (Å²) in [4.78, 5) is 25.9. The molecule has 2 aliphatic heterocycles. The second-order valence-corrected chi connectivity index (χ2v) is 8.24. The molecule has 2 aliphatic rings. The van der Waals surface area contributed by atoms with E-state index in [-0.39, 0.29) is 23.8 Å². The fraction of sp³-hybridized carbons (Fsp3) is 0.556. The van der Waals surface area contributed by atoms with E-state index in [0.717, 1.165) is 5.56 Å². The molecule has 0 aromatic heterocycles. The van der Waals surface area contributed by atoms with Gasteiger partial charge in [-0.05, 0) is 32.4 Å². The van der Waals surface area contributed by atoms with Crippen molar-refractivity contribution in [3.8, 4) is 0 Å². The number of rotatable bonds is 2. The zero-order valence-electron chi connectivity index (χ0n) is 16.2. The Hall–Kier alpha value is -1.97. The van der Waals surface area contributed by atoms with E-state index in [0.29, 0.717) is 37.1 Å². The maximum Gasteiger partial charge on any atom is 0.493 e. The van der Waals surface area contributed by atoms with Crippen molar-refractivity contribution < 1.29 is 28.7 Å². The molecule has 8 nitrogen and oxygen atoms in total.